The van der Waals surface area contributed by atoms with Gasteiger partial charge in [-0.1, -0.05) is 25.5 Å². The van der Waals surface area contributed by atoms with Gasteiger partial charge in [0, 0.05) is 0 Å². The molecular weight excluding hydrogens is 306 g/mol. The van der Waals surface area contributed by atoms with Crippen LogP contribution in [0.25, 0.3) is 0 Å². The van der Waals surface area contributed by atoms with E-state index in [0.717, 1.165) is 30.8 Å². The van der Waals surface area contributed by atoms with Crippen molar-refractivity contribution in [2.24, 2.45) is 0 Å². The molecule has 1 aliphatic heterocycles. The topological polar surface area (TPSA) is 60.1 Å². The third-order valence-electron chi connectivity index (χ3n) is 3.63. The molecule has 24 heavy (non-hydrogen) atoms. The van der Waals surface area contributed by atoms with E-state index >= 15 is 0 Å². The van der Waals surface area contributed by atoms with Gasteiger partial charge in [0.05, 0.1) is 19.3 Å². The van der Waals surface area contributed by atoms with Crippen molar-refractivity contribution in [3.05, 3.63) is 29.8 Å². The number of benzene rings is 1. The van der Waals surface area contributed by atoms with Crippen LogP contribution in [0.1, 0.15) is 46.1 Å². The van der Waals surface area contributed by atoms with Gasteiger partial charge in [-0.05, 0) is 51.3 Å². The molecule has 1 aromatic rings. The maximum Gasteiger partial charge on any atom is 0.407 e. The molecule has 1 aromatic carbocycles. The zero-order chi connectivity index (χ0) is 17.6. The lowest BCUT2D eigenvalue weighted by Crippen LogP contribution is -2.43. The van der Waals surface area contributed by atoms with Crippen LogP contribution in [-0.2, 0) is 15.9 Å². The number of carbonyl (C=O) groups excluding carboxylic acids is 1. The van der Waals surface area contributed by atoms with Crippen LogP contribution in [0.3, 0.4) is 0 Å². The Hall–Kier alpha value is -1.75. The monoisotopic (exact) mass is 335 g/mol. The fourth-order valence-electron chi connectivity index (χ4n) is 2.37. The Morgan fingerprint density at radius 3 is 2.79 bits per heavy atom. The molecule has 0 aliphatic carbocycles. The van der Waals surface area contributed by atoms with Crippen LogP contribution in [0.2, 0.25) is 0 Å². The van der Waals surface area contributed by atoms with Gasteiger partial charge in [0.25, 0.3) is 0 Å². The molecule has 0 saturated carbocycles. The second-order valence-corrected chi connectivity index (χ2v) is 7.18. The second-order valence-electron chi connectivity index (χ2n) is 7.18. The van der Waals surface area contributed by atoms with Crippen LogP contribution in [0, 0.1) is 0 Å². The third kappa shape index (κ3) is 6.79. The minimum absolute atomic E-state index is 0.0576. The van der Waals surface area contributed by atoms with Gasteiger partial charge in [-0.3, -0.25) is 0 Å². The molecule has 0 spiro atoms. The van der Waals surface area contributed by atoms with Gasteiger partial charge in [0.15, 0.2) is 0 Å². The molecule has 134 valence electrons. The average molecular weight is 335 g/mol. The van der Waals surface area contributed by atoms with E-state index < -0.39 is 11.7 Å². The number of epoxide rings is 1. The minimum atomic E-state index is -0.508. The summed E-state index contributed by atoms with van der Waals surface area (Å²) in [6.45, 7) is 9.10. The number of unbranched alkanes of at least 4 members (excludes halogenated alkanes) is 1. The number of hydrogen-bond acceptors (Lipinski definition) is 4. The Kier molecular flexibility index (Phi) is 6.49. The maximum atomic E-state index is 12.0. The van der Waals surface area contributed by atoms with Crippen molar-refractivity contribution in [3.63, 3.8) is 0 Å². The van der Waals surface area contributed by atoms with E-state index in [1.807, 2.05) is 45.0 Å². The number of carbonyl (C=O) groups is 1. The molecule has 5 heteroatoms. The summed E-state index contributed by atoms with van der Waals surface area (Å²) in [4.78, 5) is 12.0. The predicted octanol–water partition coefficient (Wildman–Crippen LogP) is 3.70. The lowest BCUT2D eigenvalue weighted by atomic mass is 10.0. The van der Waals surface area contributed by atoms with Crippen molar-refractivity contribution in [1.82, 2.24) is 5.32 Å². The maximum absolute atomic E-state index is 12.0. The van der Waals surface area contributed by atoms with E-state index in [1.54, 1.807) is 0 Å². The lowest BCUT2D eigenvalue weighted by Gasteiger charge is -2.23. The average Bonchev–Trinajstić information content (AvgIpc) is 3.30. The van der Waals surface area contributed by atoms with E-state index in [1.165, 1.54) is 0 Å². The molecule has 1 saturated heterocycles. The smallest absolute Gasteiger partial charge is 0.407 e. The van der Waals surface area contributed by atoms with Crippen LogP contribution in [-0.4, -0.2) is 37.1 Å². The standard InChI is InChI=1S/C19H29NO4/c1-5-6-10-22-15-9-7-8-14(11-15)12-16(17-13-23-17)20-18(21)24-19(2,3)4/h7-9,11,16-17H,5-6,10,12-13H2,1-4H3,(H,20,21)/t16-,17+/m0/s1. The minimum Gasteiger partial charge on any atom is -0.494 e. The quantitative estimate of drug-likeness (QED) is 0.581. The molecule has 2 rings (SSSR count). The van der Waals surface area contributed by atoms with Gasteiger partial charge in [0.2, 0.25) is 0 Å². The SMILES string of the molecule is CCCCOc1cccc(C[C@H](NC(=O)OC(C)(C)C)[C@H]2CO2)c1. The van der Waals surface area contributed by atoms with Crippen molar-refractivity contribution < 1.29 is 19.0 Å². The number of ether oxygens (including phenoxy) is 3. The second kappa shape index (κ2) is 8.38. The number of hydrogen-bond donors (Lipinski definition) is 1. The summed E-state index contributed by atoms with van der Waals surface area (Å²) in [5.74, 6) is 0.869. The van der Waals surface area contributed by atoms with Gasteiger partial charge >= 0.3 is 6.09 Å². The Morgan fingerprint density at radius 2 is 2.17 bits per heavy atom. The molecule has 0 aromatic heterocycles. The van der Waals surface area contributed by atoms with Crippen LogP contribution < -0.4 is 10.1 Å². The van der Waals surface area contributed by atoms with Gasteiger partial charge in [0.1, 0.15) is 17.5 Å². The molecule has 0 unspecified atom stereocenters. The summed E-state index contributed by atoms with van der Waals surface area (Å²) in [6.07, 6.45) is 2.50. The lowest BCUT2D eigenvalue weighted by molar-refractivity contribution is 0.0495. The van der Waals surface area contributed by atoms with Gasteiger partial charge < -0.3 is 19.5 Å². The molecule has 1 fully saturated rings. The van der Waals surface area contributed by atoms with E-state index in [0.29, 0.717) is 13.0 Å². The summed E-state index contributed by atoms with van der Waals surface area (Å²) in [7, 11) is 0. The molecule has 1 amide bonds. The zero-order valence-electron chi connectivity index (χ0n) is 15.1. The predicted molar refractivity (Wildman–Crippen MR) is 93.4 cm³/mol. The van der Waals surface area contributed by atoms with Crippen molar-refractivity contribution in [1.29, 1.82) is 0 Å². The van der Waals surface area contributed by atoms with Gasteiger partial charge in [-0.15, -0.1) is 0 Å². The molecule has 1 aliphatic rings. The number of rotatable bonds is 8. The van der Waals surface area contributed by atoms with Crippen LogP contribution in [0.4, 0.5) is 4.79 Å². The highest BCUT2D eigenvalue weighted by molar-refractivity contribution is 5.68. The summed E-state index contributed by atoms with van der Waals surface area (Å²) in [6, 6.07) is 7.92. The first-order valence-electron chi connectivity index (χ1n) is 8.70. The summed E-state index contributed by atoms with van der Waals surface area (Å²) in [5.41, 5.74) is 0.604. The molecule has 5 nitrogen and oxygen atoms in total. The fraction of sp³-hybridized carbons (Fsp3) is 0.632. The van der Waals surface area contributed by atoms with Crippen LogP contribution in [0.5, 0.6) is 5.75 Å². The Morgan fingerprint density at radius 1 is 1.42 bits per heavy atom. The number of nitrogens with one attached hydrogen (secondary N) is 1. The zero-order valence-corrected chi connectivity index (χ0v) is 15.1. The highest BCUT2D eigenvalue weighted by Gasteiger charge is 2.35. The molecular formula is C19H29NO4. The molecule has 0 radical (unpaired) electrons. The molecule has 2 atom stereocenters. The first-order valence-corrected chi connectivity index (χ1v) is 8.70. The molecule has 1 N–H and O–H groups in total. The van der Waals surface area contributed by atoms with E-state index in [4.69, 9.17) is 14.2 Å². The summed E-state index contributed by atoms with van der Waals surface area (Å²) >= 11 is 0. The van der Waals surface area contributed by atoms with Gasteiger partial charge in [-0.25, -0.2) is 4.79 Å². The Bertz CT molecular complexity index is 534. The summed E-state index contributed by atoms with van der Waals surface area (Å²) in [5, 5.41) is 2.93. The van der Waals surface area contributed by atoms with Crippen molar-refractivity contribution >= 4 is 6.09 Å². The third-order valence-corrected chi connectivity index (χ3v) is 3.63. The first kappa shape index (κ1) is 18.6. The largest absolute Gasteiger partial charge is 0.494 e. The van der Waals surface area contributed by atoms with E-state index in [2.05, 4.69) is 12.2 Å². The summed E-state index contributed by atoms with van der Waals surface area (Å²) < 4.78 is 16.5. The van der Waals surface area contributed by atoms with Gasteiger partial charge in [-0.2, -0.15) is 0 Å². The van der Waals surface area contributed by atoms with E-state index in [-0.39, 0.29) is 12.1 Å². The van der Waals surface area contributed by atoms with Crippen molar-refractivity contribution in [3.8, 4) is 5.75 Å². The molecule has 0 bridgehead atoms. The van der Waals surface area contributed by atoms with Crippen LogP contribution >= 0.6 is 0 Å². The first-order chi connectivity index (χ1) is 11.4. The normalized spacial score (nSPS) is 17.9. The fourth-order valence-corrected chi connectivity index (χ4v) is 2.37. The highest BCUT2D eigenvalue weighted by atomic mass is 16.6. The highest BCUT2D eigenvalue weighted by Crippen LogP contribution is 2.21. The van der Waals surface area contributed by atoms with Crippen LogP contribution in [0.15, 0.2) is 24.3 Å². The Balaban J connectivity index is 1.93. The van der Waals surface area contributed by atoms with Crippen molar-refractivity contribution in [2.75, 3.05) is 13.2 Å². The Labute approximate surface area is 144 Å². The number of alkyl carbamates (subject to hydrolysis) is 1. The number of amides is 1. The molecule has 1 heterocycles. The van der Waals surface area contributed by atoms with Crippen molar-refractivity contribution in [2.45, 2.75) is 64.7 Å². The van der Waals surface area contributed by atoms with E-state index in [9.17, 15) is 4.79 Å².